The molecule has 0 radical (unpaired) electrons. The van der Waals surface area contributed by atoms with Crippen molar-refractivity contribution in [2.45, 2.75) is 25.7 Å². The van der Waals surface area contributed by atoms with Gasteiger partial charge in [-0.25, -0.2) is 13.1 Å². The third-order valence-corrected chi connectivity index (χ3v) is 4.63. The van der Waals surface area contributed by atoms with Crippen molar-refractivity contribution < 1.29 is 8.42 Å². The first-order valence-electron chi connectivity index (χ1n) is 6.07. The Balaban J connectivity index is 2.23. The first kappa shape index (κ1) is 15.8. The van der Waals surface area contributed by atoms with Crippen LogP contribution in [-0.4, -0.2) is 30.1 Å². The molecular weight excluding hydrogens is 363 g/mol. The molecule has 1 aromatic heterocycles. The Bertz CT molecular complexity index is 423. The predicted octanol–water partition coefficient (Wildman–Crippen LogP) is 2.15. The average Bonchev–Trinajstić information content (AvgIpc) is 2.38. The van der Waals surface area contributed by atoms with Gasteiger partial charge in [0.1, 0.15) is 0 Å². The smallest absolute Gasteiger partial charge is 0.211 e. The van der Waals surface area contributed by atoms with Crippen molar-refractivity contribution in [3.05, 3.63) is 30.1 Å². The fourth-order valence-corrected chi connectivity index (χ4v) is 3.10. The maximum Gasteiger partial charge on any atom is 0.211 e. The largest absolute Gasteiger partial charge is 0.261 e. The molecule has 0 saturated heterocycles. The number of nitrogens with zero attached hydrogens (tertiary/aromatic N) is 1. The van der Waals surface area contributed by atoms with E-state index in [9.17, 15) is 8.42 Å². The Kier molecular flexibility index (Phi) is 7.76. The molecule has 1 N–H and O–H groups in total. The quantitative estimate of drug-likeness (QED) is 0.405. The van der Waals surface area contributed by atoms with Crippen LogP contribution in [0.5, 0.6) is 0 Å². The lowest BCUT2D eigenvalue weighted by atomic mass is 10.3. The van der Waals surface area contributed by atoms with Gasteiger partial charge >= 0.3 is 0 Å². The van der Waals surface area contributed by atoms with Gasteiger partial charge in [0.15, 0.2) is 0 Å². The van der Waals surface area contributed by atoms with E-state index in [1.165, 1.54) is 0 Å². The number of nitrogens with one attached hydrogen (secondary N) is 1. The van der Waals surface area contributed by atoms with Gasteiger partial charge in [-0.1, -0.05) is 35.1 Å². The first-order valence-corrected chi connectivity index (χ1v) is 9.25. The maximum absolute atomic E-state index is 11.7. The van der Waals surface area contributed by atoms with E-state index in [4.69, 9.17) is 0 Å². The zero-order valence-corrected chi connectivity index (χ0v) is 13.3. The Morgan fingerprint density at radius 1 is 1.22 bits per heavy atom. The minimum atomic E-state index is -3.16. The zero-order chi connectivity index (χ0) is 13.3. The molecule has 102 valence electrons. The molecule has 0 atom stereocenters. The van der Waals surface area contributed by atoms with E-state index in [0.717, 1.165) is 29.4 Å². The highest BCUT2D eigenvalue weighted by Gasteiger charge is 2.09. The average molecular weight is 382 g/mol. The number of aromatic nitrogens is 1. The van der Waals surface area contributed by atoms with Gasteiger partial charge in [-0.2, -0.15) is 0 Å². The number of pyridine rings is 1. The van der Waals surface area contributed by atoms with Crippen molar-refractivity contribution in [1.29, 1.82) is 0 Å². The Hall–Kier alpha value is -0.210. The van der Waals surface area contributed by atoms with Crippen molar-refractivity contribution in [2.75, 3.05) is 16.7 Å². The molecule has 18 heavy (non-hydrogen) atoms. The summed E-state index contributed by atoms with van der Waals surface area (Å²) in [7, 11) is -3.16. The zero-order valence-electron chi connectivity index (χ0n) is 10.3. The molecular formula is C12H19IN2O2S. The van der Waals surface area contributed by atoms with Gasteiger partial charge in [-0.3, -0.25) is 4.98 Å². The number of rotatable bonds is 9. The number of halogens is 1. The second kappa shape index (κ2) is 8.82. The SMILES string of the molecule is O=S(=O)(CCc1ccccn1)NCCCCCI. The molecule has 0 bridgehead atoms. The summed E-state index contributed by atoms with van der Waals surface area (Å²) >= 11 is 2.33. The van der Waals surface area contributed by atoms with Crippen molar-refractivity contribution in [1.82, 2.24) is 9.71 Å². The number of alkyl halides is 1. The van der Waals surface area contributed by atoms with Crippen LogP contribution in [0.15, 0.2) is 24.4 Å². The van der Waals surface area contributed by atoms with Gasteiger partial charge in [-0.15, -0.1) is 0 Å². The fraction of sp³-hybridized carbons (Fsp3) is 0.583. The number of hydrogen-bond acceptors (Lipinski definition) is 3. The summed E-state index contributed by atoms with van der Waals surface area (Å²) < 4.78 is 27.2. The minimum Gasteiger partial charge on any atom is -0.261 e. The molecule has 0 unspecified atom stereocenters. The summed E-state index contributed by atoms with van der Waals surface area (Å²) in [5, 5.41) is 0. The second-order valence-corrected chi connectivity index (χ2v) is 7.04. The number of sulfonamides is 1. The van der Waals surface area contributed by atoms with Crippen molar-refractivity contribution in [2.24, 2.45) is 0 Å². The number of aryl methyl sites for hydroxylation is 1. The van der Waals surface area contributed by atoms with Gasteiger partial charge in [0.2, 0.25) is 10.0 Å². The van der Waals surface area contributed by atoms with Crippen molar-refractivity contribution in [3.8, 4) is 0 Å². The normalized spacial score (nSPS) is 11.6. The van der Waals surface area contributed by atoms with Gasteiger partial charge < -0.3 is 0 Å². The molecule has 0 aliphatic rings. The highest BCUT2D eigenvalue weighted by Crippen LogP contribution is 2.00. The molecule has 0 aromatic carbocycles. The van der Waals surface area contributed by atoms with Crippen LogP contribution in [0, 0.1) is 0 Å². The summed E-state index contributed by atoms with van der Waals surface area (Å²) in [4.78, 5) is 4.11. The van der Waals surface area contributed by atoms with E-state index in [0.29, 0.717) is 13.0 Å². The summed E-state index contributed by atoms with van der Waals surface area (Å²) in [6.07, 6.45) is 5.27. The fourth-order valence-electron chi connectivity index (χ4n) is 1.48. The lowest BCUT2D eigenvalue weighted by Crippen LogP contribution is -2.28. The van der Waals surface area contributed by atoms with Crippen LogP contribution in [0.1, 0.15) is 25.0 Å². The van der Waals surface area contributed by atoms with Crippen LogP contribution in [0.4, 0.5) is 0 Å². The highest BCUT2D eigenvalue weighted by atomic mass is 127. The molecule has 0 saturated carbocycles. The molecule has 6 heteroatoms. The van der Waals surface area contributed by atoms with E-state index in [-0.39, 0.29) is 5.75 Å². The van der Waals surface area contributed by atoms with Crippen LogP contribution < -0.4 is 4.72 Å². The molecule has 0 fully saturated rings. The highest BCUT2D eigenvalue weighted by molar-refractivity contribution is 14.1. The third-order valence-electron chi connectivity index (χ3n) is 2.49. The summed E-state index contributed by atoms with van der Waals surface area (Å²) in [6, 6.07) is 5.53. The number of unbranched alkanes of at least 4 members (excludes halogenated alkanes) is 2. The second-order valence-electron chi connectivity index (χ2n) is 4.03. The van der Waals surface area contributed by atoms with Gasteiger partial charge in [0, 0.05) is 24.9 Å². The third kappa shape index (κ3) is 7.27. The van der Waals surface area contributed by atoms with Crippen molar-refractivity contribution in [3.63, 3.8) is 0 Å². The monoisotopic (exact) mass is 382 g/mol. The Morgan fingerprint density at radius 3 is 2.72 bits per heavy atom. The molecule has 0 aliphatic heterocycles. The Labute approximate surface area is 123 Å². The molecule has 0 aliphatic carbocycles. The Morgan fingerprint density at radius 2 is 2.06 bits per heavy atom. The lowest BCUT2D eigenvalue weighted by molar-refractivity contribution is 0.575. The van der Waals surface area contributed by atoms with Crippen LogP contribution in [0.3, 0.4) is 0 Å². The van der Waals surface area contributed by atoms with Crippen LogP contribution in [0.2, 0.25) is 0 Å². The van der Waals surface area contributed by atoms with Crippen LogP contribution in [0.25, 0.3) is 0 Å². The van der Waals surface area contributed by atoms with E-state index >= 15 is 0 Å². The standard InChI is InChI=1S/C12H19IN2O2S/c13-8-3-1-4-10-15-18(16,17)11-7-12-6-2-5-9-14-12/h2,5-6,9,15H,1,3-4,7-8,10-11H2. The first-order chi connectivity index (χ1) is 8.64. The predicted molar refractivity (Wildman–Crippen MR) is 82.5 cm³/mol. The summed E-state index contributed by atoms with van der Waals surface area (Å²) in [6.45, 7) is 0.543. The van der Waals surface area contributed by atoms with Gasteiger partial charge in [0.05, 0.1) is 5.75 Å². The number of hydrogen-bond donors (Lipinski definition) is 1. The summed E-state index contributed by atoms with van der Waals surface area (Å²) in [5.41, 5.74) is 0.813. The van der Waals surface area contributed by atoms with Gasteiger partial charge in [0.25, 0.3) is 0 Å². The maximum atomic E-state index is 11.7. The van der Waals surface area contributed by atoms with E-state index in [2.05, 4.69) is 32.3 Å². The van der Waals surface area contributed by atoms with E-state index < -0.39 is 10.0 Å². The molecule has 0 amide bonds. The van der Waals surface area contributed by atoms with Crippen LogP contribution in [-0.2, 0) is 16.4 Å². The van der Waals surface area contributed by atoms with E-state index in [1.807, 2.05) is 18.2 Å². The molecule has 4 nitrogen and oxygen atoms in total. The molecule has 1 heterocycles. The molecule has 1 aromatic rings. The van der Waals surface area contributed by atoms with Gasteiger partial charge in [-0.05, 0) is 29.4 Å². The molecule has 1 rings (SSSR count). The van der Waals surface area contributed by atoms with Crippen molar-refractivity contribution >= 4 is 32.6 Å². The summed E-state index contributed by atoms with van der Waals surface area (Å²) in [5.74, 6) is 0.107. The van der Waals surface area contributed by atoms with Crippen LogP contribution >= 0.6 is 22.6 Å². The van der Waals surface area contributed by atoms with E-state index in [1.54, 1.807) is 6.20 Å². The topological polar surface area (TPSA) is 59.1 Å². The lowest BCUT2D eigenvalue weighted by Gasteiger charge is -2.06. The minimum absolute atomic E-state index is 0.107. The molecule has 0 spiro atoms.